The smallest absolute Gasteiger partial charge is 0.338 e. The zero-order valence-electron chi connectivity index (χ0n) is 15.8. The third-order valence-corrected chi connectivity index (χ3v) is 4.62. The molecular weight excluding hydrogens is 382 g/mol. The van der Waals surface area contributed by atoms with Crippen LogP contribution in [-0.2, 0) is 16.0 Å². The summed E-state index contributed by atoms with van der Waals surface area (Å²) in [5.41, 5.74) is 1.63. The summed E-state index contributed by atoms with van der Waals surface area (Å²) >= 11 is 1.10. The minimum absolute atomic E-state index is 0.0576. The number of amides is 1. The van der Waals surface area contributed by atoms with Crippen molar-refractivity contribution in [2.45, 2.75) is 31.8 Å². The van der Waals surface area contributed by atoms with Gasteiger partial charge in [-0.15, -0.1) is 0 Å². The quantitative estimate of drug-likeness (QED) is 0.331. The lowest BCUT2D eigenvalue weighted by atomic mass is 10.2. The molecule has 0 spiro atoms. The summed E-state index contributed by atoms with van der Waals surface area (Å²) in [5, 5.41) is 12.0. The molecule has 2 aromatic rings. The first-order chi connectivity index (χ1) is 13.4. The summed E-state index contributed by atoms with van der Waals surface area (Å²) in [7, 11) is 0. The van der Waals surface area contributed by atoms with Gasteiger partial charge in [-0.25, -0.2) is 9.78 Å². The summed E-state index contributed by atoms with van der Waals surface area (Å²) in [5.74, 6) is -0.612. The van der Waals surface area contributed by atoms with Crippen LogP contribution in [0, 0.1) is 6.92 Å². The van der Waals surface area contributed by atoms with Crippen molar-refractivity contribution in [2.75, 3.05) is 24.3 Å². The molecule has 3 N–H and O–H groups in total. The largest absolute Gasteiger partial charge is 0.462 e. The number of esters is 1. The van der Waals surface area contributed by atoms with E-state index >= 15 is 0 Å². The highest BCUT2D eigenvalue weighted by atomic mass is 32.2. The monoisotopic (exact) mass is 405 g/mol. The maximum Gasteiger partial charge on any atom is 0.338 e. The summed E-state index contributed by atoms with van der Waals surface area (Å²) < 4.78 is 5.05. The molecule has 0 unspecified atom stereocenters. The van der Waals surface area contributed by atoms with Gasteiger partial charge in [-0.05, 0) is 37.6 Å². The summed E-state index contributed by atoms with van der Waals surface area (Å²) in [4.78, 5) is 42.7. The maximum atomic E-state index is 12.1. The van der Waals surface area contributed by atoms with Crippen LogP contribution in [0.25, 0.3) is 0 Å². The predicted octanol–water partition coefficient (Wildman–Crippen LogP) is 1.91. The van der Waals surface area contributed by atoms with E-state index in [0.29, 0.717) is 34.3 Å². The number of nitrogens with zero attached hydrogens (tertiary/aromatic N) is 1. The van der Waals surface area contributed by atoms with Crippen LogP contribution >= 0.6 is 11.8 Å². The number of hydrogen-bond acceptors (Lipinski definition) is 7. The molecule has 8 nitrogen and oxygen atoms in total. The Balaban J connectivity index is 1.90. The fraction of sp³-hybridized carbons (Fsp3) is 0.368. The number of aryl methyl sites for hydroxylation is 1. The van der Waals surface area contributed by atoms with E-state index < -0.39 is 5.97 Å². The number of benzene rings is 1. The molecule has 0 saturated carbocycles. The summed E-state index contributed by atoms with van der Waals surface area (Å²) in [6.07, 6.45) is 0.989. The van der Waals surface area contributed by atoms with Gasteiger partial charge in [0.05, 0.1) is 17.9 Å². The number of aromatic amines is 1. The van der Waals surface area contributed by atoms with Gasteiger partial charge in [0.2, 0.25) is 5.91 Å². The standard InChI is InChI=1S/C19H23N3O5S/c1-3-10-27-18(26)13-4-6-14(7-5-13)21-16(24)11-28-19-20-12(2)15(8-9-23)17(25)22-19/h4-7,23H,3,8-11H2,1-2H3,(H,21,24)(H,20,22,25). The van der Waals surface area contributed by atoms with Gasteiger partial charge in [-0.2, -0.15) is 0 Å². The highest BCUT2D eigenvalue weighted by Crippen LogP contribution is 2.15. The molecule has 0 fully saturated rings. The van der Waals surface area contributed by atoms with Gasteiger partial charge in [-0.1, -0.05) is 18.7 Å². The molecule has 150 valence electrons. The Bertz CT molecular complexity index is 880. The number of H-pyrrole nitrogens is 1. The van der Waals surface area contributed by atoms with Gasteiger partial charge in [0.15, 0.2) is 5.16 Å². The molecule has 28 heavy (non-hydrogen) atoms. The topological polar surface area (TPSA) is 121 Å². The molecule has 0 saturated heterocycles. The molecule has 0 aliphatic carbocycles. The number of carbonyl (C=O) groups is 2. The number of anilines is 1. The number of rotatable bonds is 9. The van der Waals surface area contributed by atoms with Crippen LogP contribution < -0.4 is 10.9 Å². The second-order valence-corrected chi connectivity index (χ2v) is 6.92. The Hall–Kier alpha value is -2.65. The molecule has 0 radical (unpaired) electrons. The molecule has 0 atom stereocenters. The lowest BCUT2D eigenvalue weighted by Crippen LogP contribution is -2.19. The molecule has 0 aliphatic rings. The molecule has 0 aliphatic heterocycles. The predicted molar refractivity (Wildman–Crippen MR) is 107 cm³/mol. The Morgan fingerprint density at radius 2 is 2.00 bits per heavy atom. The van der Waals surface area contributed by atoms with E-state index in [1.807, 2.05) is 6.92 Å². The second kappa shape index (κ2) is 10.6. The van der Waals surface area contributed by atoms with Crippen molar-refractivity contribution in [3.63, 3.8) is 0 Å². The van der Waals surface area contributed by atoms with Gasteiger partial charge in [0.25, 0.3) is 5.56 Å². The van der Waals surface area contributed by atoms with Crippen LogP contribution in [0.1, 0.15) is 35.0 Å². The second-order valence-electron chi connectivity index (χ2n) is 5.96. The van der Waals surface area contributed by atoms with Crippen molar-refractivity contribution < 1.29 is 19.4 Å². The van der Waals surface area contributed by atoms with Crippen molar-refractivity contribution in [2.24, 2.45) is 0 Å². The van der Waals surface area contributed by atoms with E-state index in [0.717, 1.165) is 18.2 Å². The van der Waals surface area contributed by atoms with Crippen LogP contribution in [0.5, 0.6) is 0 Å². The minimum atomic E-state index is -0.398. The van der Waals surface area contributed by atoms with Gasteiger partial charge >= 0.3 is 5.97 Å². The third kappa shape index (κ3) is 6.21. The van der Waals surface area contributed by atoms with E-state index in [1.165, 1.54) is 0 Å². The lowest BCUT2D eigenvalue weighted by Gasteiger charge is -2.08. The Kier molecular flexibility index (Phi) is 8.21. The Labute approximate surface area is 166 Å². The fourth-order valence-corrected chi connectivity index (χ4v) is 3.06. The Morgan fingerprint density at radius 1 is 1.29 bits per heavy atom. The van der Waals surface area contributed by atoms with Gasteiger partial charge in [0.1, 0.15) is 0 Å². The SMILES string of the molecule is CCCOC(=O)c1ccc(NC(=O)CSc2nc(C)c(CCO)c(=O)[nH]2)cc1. The number of aliphatic hydroxyl groups is 1. The highest BCUT2D eigenvalue weighted by molar-refractivity contribution is 7.99. The van der Waals surface area contributed by atoms with E-state index in [1.54, 1.807) is 31.2 Å². The normalized spacial score (nSPS) is 10.5. The molecule has 2 rings (SSSR count). The molecule has 1 aromatic carbocycles. The fourth-order valence-electron chi connectivity index (χ4n) is 2.36. The summed E-state index contributed by atoms with van der Waals surface area (Å²) in [6.45, 7) is 3.85. The van der Waals surface area contributed by atoms with E-state index in [-0.39, 0.29) is 30.2 Å². The third-order valence-electron chi connectivity index (χ3n) is 3.74. The number of aliphatic hydroxyl groups excluding tert-OH is 1. The van der Waals surface area contributed by atoms with Crippen LogP contribution in [0.15, 0.2) is 34.2 Å². The van der Waals surface area contributed by atoms with E-state index in [2.05, 4.69) is 15.3 Å². The zero-order chi connectivity index (χ0) is 20.5. The number of hydrogen-bond donors (Lipinski definition) is 3. The first kappa shape index (κ1) is 21.6. The summed E-state index contributed by atoms with van der Waals surface area (Å²) in [6, 6.07) is 6.42. The first-order valence-electron chi connectivity index (χ1n) is 8.85. The molecular formula is C19H23N3O5S. The maximum absolute atomic E-state index is 12.1. The first-order valence-corrected chi connectivity index (χ1v) is 9.83. The average molecular weight is 405 g/mol. The van der Waals surface area contributed by atoms with E-state index in [9.17, 15) is 14.4 Å². The molecule has 9 heteroatoms. The average Bonchev–Trinajstić information content (AvgIpc) is 2.68. The van der Waals surface area contributed by atoms with Crippen LogP contribution in [0.2, 0.25) is 0 Å². The van der Waals surface area contributed by atoms with Gasteiger partial charge in [-0.3, -0.25) is 9.59 Å². The van der Waals surface area contributed by atoms with Crippen molar-refractivity contribution >= 4 is 29.3 Å². The number of thioether (sulfide) groups is 1. The van der Waals surface area contributed by atoms with Crippen LogP contribution in [0.4, 0.5) is 5.69 Å². The lowest BCUT2D eigenvalue weighted by molar-refractivity contribution is -0.113. The van der Waals surface area contributed by atoms with Crippen molar-refractivity contribution in [1.82, 2.24) is 9.97 Å². The highest BCUT2D eigenvalue weighted by Gasteiger charge is 2.11. The minimum Gasteiger partial charge on any atom is -0.462 e. The molecule has 1 aromatic heterocycles. The molecule has 0 bridgehead atoms. The number of nitrogens with one attached hydrogen (secondary N) is 2. The van der Waals surface area contributed by atoms with Crippen molar-refractivity contribution in [1.29, 1.82) is 0 Å². The van der Waals surface area contributed by atoms with Crippen molar-refractivity contribution in [3.05, 3.63) is 51.4 Å². The van der Waals surface area contributed by atoms with Crippen molar-refractivity contribution in [3.8, 4) is 0 Å². The van der Waals surface area contributed by atoms with Gasteiger partial charge < -0.3 is 20.1 Å². The van der Waals surface area contributed by atoms with E-state index in [4.69, 9.17) is 9.84 Å². The van der Waals surface area contributed by atoms with Gasteiger partial charge in [0, 0.05) is 30.0 Å². The molecule has 1 heterocycles. The zero-order valence-corrected chi connectivity index (χ0v) is 16.6. The van der Waals surface area contributed by atoms with Crippen LogP contribution in [0.3, 0.4) is 0 Å². The molecule has 1 amide bonds. The van der Waals surface area contributed by atoms with Crippen LogP contribution in [-0.4, -0.2) is 45.9 Å². The number of ether oxygens (including phenoxy) is 1. The Morgan fingerprint density at radius 3 is 2.61 bits per heavy atom. The number of carbonyl (C=O) groups excluding carboxylic acids is 2. The number of aromatic nitrogens is 2.